The summed E-state index contributed by atoms with van der Waals surface area (Å²) in [6.45, 7) is 41.6. The number of carbonyl (C=O) groups is 2. The molecule has 488 valence electrons. The molecule has 0 spiro atoms. The number of rotatable bonds is 1. The highest BCUT2D eigenvalue weighted by Gasteiger charge is 2.25. The van der Waals surface area contributed by atoms with Crippen LogP contribution in [0.3, 0.4) is 0 Å². The van der Waals surface area contributed by atoms with Crippen LogP contribution in [-0.2, 0) is 74.8 Å². The SMILES string of the molecule is CC(C)(C)c1ccc2c(c1)NC(=O)C2.CC(C)(C)c1ccc2c(c1)OC(=O)C2.CC(C)(C)c1ccc2c3c([nH]c2c1)CCCC3.CC(C)(C)c1ccc2oc(-c3ccccc3)nc2c1.Cc1cc2cc(C(C)(C)C)ccc2[nH]1.Cn1c(=O)oc2ccc(C(C)(C)C)cc21. The van der Waals surface area contributed by atoms with Crippen LogP contribution >= 0.6 is 0 Å². The van der Waals surface area contributed by atoms with Gasteiger partial charge >= 0.3 is 11.7 Å². The van der Waals surface area contributed by atoms with Crippen molar-refractivity contribution < 1.29 is 23.2 Å². The summed E-state index contributed by atoms with van der Waals surface area (Å²) in [4.78, 5) is 45.0. The zero-order chi connectivity index (χ0) is 67.8. The van der Waals surface area contributed by atoms with E-state index < -0.39 is 0 Å². The van der Waals surface area contributed by atoms with Gasteiger partial charge in [0.05, 0.1) is 18.4 Å². The van der Waals surface area contributed by atoms with Crippen LogP contribution in [0.2, 0.25) is 0 Å². The van der Waals surface area contributed by atoms with E-state index in [-0.39, 0.29) is 50.1 Å². The van der Waals surface area contributed by atoms with Crippen LogP contribution in [0.4, 0.5) is 5.69 Å². The lowest BCUT2D eigenvalue weighted by Crippen LogP contribution is -2.12. The highest BCUT2D eigenvalue weighted by Crippen LogP contribution is 2.36. The Morgan fingerprint density at radius 1 is 0.484 bits per heavy atom. The predicted molar refractivity (Wildman–Crippen MR) is 386 cm³/mol. The molecule has 14 rings (SSSR count). The number of hydrogen-bond donors (Lipinski definition) is 3. The quantitative estimate of drug-likeness (QED) is 0.109. The number of carbonyl (C=O) groups excluding carboxylic acids is 2. The second-order valence-corrected chi connectivity index (χ2v) is 31.6. The molecule has 3 N–H and O–H groups in total. The average Bonchev–Trinajstić information content (AvgIpc) is 1.69. The number of anilines is 1. The maximum Gasteiger partial charge on any atom is 0.419 e. The number of nitrogens with zero attached hydrogens (tertiary/aromatic N) is 2. The van der Waals surface area contributed by atoms with Gasteiger partial charge in [-0.1, -0.05) is 197 Å². The maximum atomic E-state index is 11.3. The molecule has 2 aliphatic heterocycles. The fourth-order valence-corrected chi connectivity index (χ4v) is 11.6. The minimum atomic E-state index is -0.309. The Bertz CT molecular complexity index is 4460. The first kappa shape index (κ1) is 68.7. The van der Waals surface area contributed by atoms with E-state index in [9.17, 15) is 14.4 Å². The molecule has 0 unspecified atom stereocenters. The summed E-state index contributed by atoms with van der Waals surface area (Å²) >= 11 is 0. The summed E-state index contributed by atoms with van der Waals surface area (Å²) in [5.74, 6) is 1.07. The van der Waals surface area contributed by atoms with E-state index in [1.54, 1.807) is 12.6 Å². The number of nitrogens with one attached hydrogen (secondary N) is 3. The molecular formula is C82H99N5O6. The van der Waals surface area contributed by atoms with Crippen LogP contribution in [0, 0.1) is 6.92 Å². The number of aromatic nitrogens is 4. The highest BCUT2D eigenvalue weighted by molar-refractivity contribution is 5.99. The number of oxazole rings is 2. The van der Waals surface area contributed by atoms with Gasteiger partial charge in [0.1, 0.15) is 11.3 Å². The average molecular weight is 1250 g/mol. The van der Waals surface area contributed by atoms with Crippen molar-refractivity contribution in [3.05, 3.63) is 218 Å². The van der Waals surface area contributed by atoms with Crippen molar-refractivity contribution in [2.24, 2.45) is 7.05 Å². The van der Waals surface area contributed by atoms with Crippen LogP contribution in [0.15, 0.2) is 159 Å². The summed E-state index contributed by atoms with van der Waals surface area (Å²) in [6, 6.07) is 50.2. The van der Waals surface area contributed by atoms with Crippen molar-refractivity contribution in [2.45, 2.75) is 203 Å². The number of aromatic amines is 2. The number of H-pyrrole nitrogens is 2. The molecule has 0 saturated carbocycles. The van der Waals surface area contributed by atoms with E-state index in [1.165, 1.54) is 96.8 Å². The lowest BCUT2D eigenvalue weighted by molar-refractivity contribution is -0.131. The Morgan fingerprint density at radius 3 is 1.67 bits per heavy atom. The van der Waals surface area contributed by atoms with Gasteiger partial charge in [0.25, 0.3) is 0 Å². The van der Waals surface area contributed by atoms with E-state index in [4.69, 9.17) is 13.6 Å². The molecule has 0 fully saturated rings. The van der Waals surface area contributed by atoms with Crippen LogP contribution in [0.25, 0.3) is 55.5 Å². The first-order chi connectivity index (χ1) is 43.4. The zero-order valence-electron chi connectivity index (χ0n) is 58.9. The van der Waals surface area contributed by atoms with Gasteiger partial charge in [-0.2, -0.15) is 0 Å². The monoisotopic (exact) mass is 1250 g/mol. The standard InChI is InChI=1S/C17H17NO.C16H21N.C13H17N.C12H15NO2.C12H15NO.C12H14O2/c1-17(2,3)13-9-10-15-14(11-13)18-16(19-15)12-7-5-4-6-8-12;1-16(2,3)11-8-9-13-12-6-4-5-7-14(12)17-15(13)10-11;1-9-7-10-8-11(13(2,3)4)5-6-12(10)14-9;1-12(2,3)8-5-6-10-9(7-8)13(4)11(14)15-10;1-12(2,3)9-5-4-8-6-11(14)13-10(8)7-9;1-12(2,3)9-5-4-8-6-11(13)14-10(8)7-9/h4-11H,1-3H3;8-10,17H,4-7H2,1-3H3;5-8,14H,1-4H3;5-7H,1-4H3;4-5,7H,6H2,1-3H3,(H,13,14);4-5,7H,6H2,1-3H3. The van der Waals surface area contributed by atoms with Crippen LogP contribution in [0.5, 0.6) is 5.75 Å². The molecule has 3 aliphatic rings. The van der Waals surface area contributed by atoms with Gasteiger partial charge in [-0.3, -0.25) is 14.2 Å². The number of hydrogen-bond acceptors (Lipinski definition) is 7. The molecule has 0 radical (unpaired) electrons. The smallest absolute Gasteiger partial charge is 0.419 e. The van der Waals surface area contributed by atoms with E-state index in [1.807, 2.05) is 72.8 Å². The third kappa shape index (κ3) is 16.9. The van der Waals surface area contributed by atoms with E-state index in [0.29, 0.717) is 24.3 Å². The first-order valence-electron chi connectivity index (χ1n) is 33.0. The Hall–Kier alpha value is -8.70. The van der Waals surface area contributed by atoms with Gasteiger partial charge in [-0.05, 0) is 188 Å². The molecular weight excluding hydrogens is 1150 g/mol. The van der Waals surface area contributed by atoms with Gasteiger partial charge in [0.15, 0.2) is 11.2 Å². The summed E-state index contributed by atoms with van der Waals surface area (Å²) < 4.78 is 17.5. The predicted octanol–water partition coefficient (Wildman–Crippen LogP) is 20.3. The summed E-state index contributed by atoms with van der Waals surface area (Å²) in [5.41, 5.74) is 22.9. The van der Waals surface area contributed by atoms with E-state index in [2.05, 4.69) is 225 Å². The molecule has 0 saturated heterocycles. The topological polar surface area (TPSA) is 148 Å². The van der Waals surface area contributed by atoms with Crippen molar-refractivity contribution in [3.63, 3.8) is 0 Å². The lowest BCUT2D eigenvalue weighted by Gasteiger charge is -2.19. The molecule has 6 heterocycles. The second kappa shape index (κ2) is 26.7. The van der Waals surface area contributed by atoms with Gasteiger partial charge in [0, 0.05) is 51.7 Å². The molecule has 93 heavy (non-hydrogen) atoms. The van der Waals surface area contributed by atoms with Crippen molar-refractivity contribution in [1.29, 1.82) is 0 Å². The molecule has 11 aromatic rings. The van der Waals surface area contributed by atoms with E-state index >= 15 is 0 Å². The van der Waals surface area contributed by atoms with Gasteiger partial charge in [0.2, 0.25) is 11.8 Å². The van der Waals surface area contributed by atoms with Crippen molar-refractivity contribution in [1.82, 2.24) is 19.5 Å². The van der Waals surface area contributed by atoms with Crippen molar-refractivity contribution in [2.75, 3.05) is 5.32 Å². The maximum absolute atomic E-state index is 11.3. The Balaban J connectivity index is 0.000000132. The van der Waals surface area contributed by atoms with Gasteiger partial charge < -0.3 is 28.9 Å². The Kier molecular flexibility index (Phi) is 19.7. The number of amides is 1. The highest BCUT2D eigenvalue weighted by atomic mass is 16.5. The Morgan fingerprint density at radius 2 is 1.02 bits per heavy atom. The number of fused-ring (bicyclic) bond motifs is 8. The number of aryl methyl sites for hydroxylation is 4. The fourth-order valence-electron chi connectivity index (χ4n) is 11.6. The first-order valence-corrected chi connectivity index (χ1v) is 33.0. The molecule has 1 amide bonds. The number of benzene rings is 7. The largest absolute Gasteiger partial charge is 0.436 e. The fraction of sp³-hybridized carbons (Fsp3) is 0.390. The van der Waals surface area contributed by atoms with E-state index in [0.717, 1.165) is 44.7 Å². The summed E-state index contributed by atoms with van der Waals surface area (Å²) in [5, 5.41) is 5.64. The molecule has 0 bridgehead atoms. The zero-order valence-corrected chi connectivity index (χ0v) is 58.9. The van der Waals surface area contributed by atoms with Crippen molar-refractivity contribution in [3.8, 4) is 17.2 Å². The molecule has 11 nitrogen and oxygen atoms in total. The molecule has 7 aromatic carbocycles. The van der Waals surface area contributed by atoms with Crippen LogP contribution < -0.4 is 15.8 Å². The Labute approximate surface area is 551 Å². The van der Waals surface area contributed by atoms with Crippen molar-refractivity contribution >= 4 is 61.6 Å². The minimum absolute atomic E-state index is 0.0848. The summed E-state index contributed by atoms with van der Waals surface area (Å²) in [7, 11) is 1.72. The minimum Gasteiger partial charge on any atom is -0.436 e. The third-order valence-electron chi connectivity index (χ3n) is 17.6. The second-order valence-electron chi connectivity index (χ2n) is 31.6. The van der Waals surface area contributed by atoms with Gasteiger partial charge in [-0.15, -0.1) is 0 Å². The van der Waals surface area contributed by atoms with Crippen LogP contribution in [-0.4, -0.2) is 31.4 Å². The molecule has 11 heteroatoms. The normalized spacial score (nSPS) is 13.8. The molecule has 4 aromatic heterocycles. The van der Waals surface area contributed by atoms with Crippen LogP contribution in [0.1, 0.15) is 199 Å². The number of esters is 1. The molecule has 0 atom stereocenters. The number of ether oxygens (including phenoxy) is 1. The summed E-state index contributed by atoms with van der Waals surface area (Å²) in [6.07, 6.45) is 6.12. The van der Waals surface area contributed by atoms with Gasteiger partial charge in [-0.25, -0.2) is 9.78 Å². The molecule has 1 aliphatic carbocycles. The third-order valence-corrected chi connectivity index (χ3v) is 17.6. The lowest BCUT2D eigenvalue weighted by atomic mass is 9.86.